The number of oxazole rings is 1. The molecule has 1 aromatic heterocycles. The molecule has 134 valence electrons. The predicted molar refractivity (Wildman–Crippen MR) is 104 cm³/mol. The van der Waals surface area contributed by atoms with E-state index in [9.17, 15) is 9.18 Å². The van der Waals surface area contributed by atoms with Crippen LogP contribution in [0.4, 0.5) is 10.1 Å². The zero-order valence-electron chi connectivity index (χ0n) is 14.2. The summed E-state index contributed by atoms with van der Waals surface area (Å²) in [5.41, 5.74) is 2.99. The molecule has 4 nitrogen and oxygen atoms in total. The lowest BCUT2D eigenvalue weighted by Gasteiger charge is -2.10. The van der Waals surface area contributed by atoms with Gasteiger partial charge in [0.15, 0.2) is 5.58 Å². The number of carbonyl (C=O) groups excluding carboxylic acids is 1. The Morgan fingerprint density at radius 1 is 1.00 bits per heavy atom. The van der Waals surface area contributed by atoms with E-state index in [2.05, 4.69) is 10.3 Å². The fourth-order valence-corrected chi connectivity index (χ4v) is 3.51. The number of hydrogen-bond acceptors (Lipinski definition) is 4. The van der Waals surface area contributed by atoms with Gasteiger partial charge < -0.3 is 9.73 Å². The van der Waals surface area contributed by atoms with E-state index in [-0.39, 0.29) is 11.6 Å². The summed E-state index contributed by atoms with van der Waals surface area (Å²) in [5.74, 6) is -0.314. The van der Waals surface area contributed by atoms with Crippen molar-refractivity contribution in [1.29, 1.82) is 0 Å². The number of hydrogen-bond donors (Lipinski definition) is 1. The molecule has 3 aromatic carbocycles. The number of thioether (sulfide) groups is 1. The van der Waals surface area contributed by atoms with Gasteiger partial charge in [-0.15, -0.1) is 0 Å². The van der Waals surface area contributed by atoms with E-state index in [1.807, 2.05) is 36.4 Å². The Morgan fingerprint density at radius 3 is 2.59 bits per heavy atom. The summed E-state index contributed by atoms with van der Waals surface area (Å²) in [6.45, 7) is 0. The van der Waals surface area contributed by atoms with Crippen molar-refractivity contribution in [2.45, 2.75) is 11.0 Å². The number of amides is 1. The second-order valence-electron chi connectivity index (χ2n) is 5.83. The summed E-state index contributed by atoms with van der Waals surface area (Å²) in [6, 6.07) is 20.9. The Balaban J connectivity index is 1.52. The number of benzene rings is 3. The molecule has 0 saturated carbocycles. The van der Waals surface area contributed by atoms with Gasteiger partial charge >= 0.3 is 0 Å². The van der Waals surface area contributed by atoms with Crippen LogP contribution in [0.15, 0.2) is 82.4 Å². The number of nitrogens with zero attached hydrogens (tertiary/aromatic N) is 1. The third-order valence-corrected chi connectivity index (χ3v) is 4.89. The number of para-hydroxylation sites is 3. The van der Waals surface area contributed by atoms with Crippen LogP contribution in [0.25, 0.3) is 11.1 Å². The number of aromatic nitrogens is 1. The van der Waals surface area contributed by atoms with E-state index >= 15 is 0 Å². The summed E-state index contributed by atoms with van der Waals surface area (Å²) >= 11 is 1.41. The van der Waals surface area contributed by atoms with Gasteiger partial charge in [0.1, 0.15) is 11.3 Å². The topological polar surface area (TPSA) is 55.1 Å². The molecule has 0 spiro atoms. The summed E-state index contributed by atoms with van der Waals surface area (Å²) in [5, 5.41) is 3.17. The van der Waals surface area contributed by atoms with E-state index in [1.165, 1.54) is 23.9 Å². The molecule has 0 saturated heterocycles. The van der Waals surface area contributed by atoms with Crippen molar-refractivity contribution in [1.82, 2.24) is 4.98 Å². The van der Waals surface area contributed by atoms with Crippen molar-refractivity contribution in [2.75, 3.05) is 5.32 Å². The molecule has 6 heteroatoms. The fourth-order valence-electron chi connectivity index (χ4n) is 2.67. The Bertz CT molecular complexity index is 1080. The first-order chi connectivity index (χ1) is 13.2. The van der Waals surface area contributed by atoms with Crippen LogP contribution in [0.2, 0.25) is 0 Å². The lowest BCUT2D eigenvalue weighted by atomic mass is 10.1. The highest BCUT2D eigenvalue weighted by molar-refractivity contribution is 7.98. The summed E-state index contributed by atoms with van der Waals surface area (Å²) in [6.07, 6.45) is 0. The first-order valence-electron chi connectivity index (χ1n) is 8.33. The number of carbonyl (C=O) groups is 1. The quantitative estimate of drug-likeness (QED) is 0.465. The molecule has 0 unspecified atom stereocenters. The number of rotatable bonds is 5. The average Bonchev–Trinajstić information content (AvgIpc) is 3.11. The van der Waals surface area contributed by atoms with Crippen LogP contribution in [0.1, 0.15) is 15.9 Å². The van der Waals surface area contributed by atoms with Crippen molar-refractivity contribution in [3.8, 4) is 0 Å². The van der Waals surface area contributed by atoms with Crippen LogP contribution in [0.5, 0.6) is 0 Å². The Labute approximate surface area is 159 Å². The van der Waals surface area contributed by atoms with Gasteiger partial charge in [0.25, 0.3) is 11.1 Å². The maximum atomic E-state index is 13.8. The third-order valence-electron chi connectivity index (χ3n) is 4.01. The molecule has 0 radical (unpaired) electrons. The number of anilines is 1. The number of nitrogens with one attached hydrogen (secondary N) is 1. The van der Waals surface area contributed by atoms with Gasteiger partial charge in [-0.2, -0.15) is 0 Å². The van der Waals surface area contributed by atoms with Crippen LogP contribution >= 0.6 is 11.8 Å². The summed E-state index contributed by atoms with van der Waals surface area (Å²) < 4.78 is 19.5. The fraction of sp³-hybridized carbons (Fsp3) is 0.0476. The Hall–Kier alpha value is -3.12. The van der Waals surface area contributed by atoms with Crippen molar-refractivity contribution >= 4 is 34.5 Å². The van der Waals surface area contributed by atoms with Gasteiger partial charge in [0, 0.05) is 11.3 Å². The van der Waals surface area contributed by atoms with Crippen LogP contribution < -0.4 is 5.32 Å². The lowest BCUT2D eigenvalue weighted by molar-refractivity contribution is 0.102. The van der Waals surface area contributed by atoms with Gasteiger partial charge in [-0.3, -0.25) is 4.79 Å². The average molecular weight is 378 g/mol. The lowest BCUT2D eigenvalue weighted by Crippen LogP contribution is -2.14. The van der Waals surface area contributed by atoms with Crippen molar-refractivity contribution in [2.24, 2.45) is 0 Å². The molecular formula is C21H15FN2O2S. The van der Waals surface area contributed by atoms with Gasteiger partial charge in [-0.05, 0) is 35.9 Å². The first kappa shape index (κ1) is 17.3. The van der Waals surface area contributed by atoms with Gasteiger partial charge in [0.05, 0.1) is 5.69 Å². The Morgan fingerprint density at radius 2 is 1.74 bits per heavy atom. The van der Waals surface area contributed by atoms with Crippen molar-refractivity contribution in [3.05, 3.63) is 89.7 Å². The second kappa shape index (κ2) is 7.63. The van der Waals surface area contributed by atoms with Gasteiger partial charge in [-0.25, -0.2) is 9.37 Å². The smallest absolute Gasteiger partial charge is 0.257 e. The Kier molecular flexibility index (Phi) is 4.89. The van der Waals surface area contributed by atoms with E-state index < -0.39 is 5.82 Å². The standard InChI is InChI=1S/C21H15FN2O2S/c22-16-9-3-4-10-17(16)23-20(25)15-8-2-1-7-14(15)13-27-21-24-18-11-5-6-12-19(18)26-21/h1-12H,13H2,(H,23,25). The highest BCUT2D eigenvalue weighted by atomic mass is 32.2. The molecule has 0 atom stereocenters. The minimum atomic E-state index is -0.468. The summed E-state index contributed by atoms with van der Waals surface area (Å²) in [7, 11) is 0. The molecule has 0 fully saturated rings. The molecule has 27 heavy (non-hydrogen) atoms. The van der Waals surface area contributed by atoms with Crippen molar-refractivity contribution < 1.29 is 13.6 Å². The van der Waals surface area contributed by atoms with Crippen LogP contribution in [-0.4, -0.2) is 10.9 Å². The molecule has 0 bridgehead atoms. The highest BCUT2D eigenvalue weighted by Gasteiger charge is 2.14. The van der Waals surface area contributed by atoms with Gasteiger partial charge in [0.2, 0.25) is 0 Å². The molecular weight excluding hydrogens is 363 g/mol. The first-order valence-corrected chi connectivity index (χ1v) is 9.31. The maximum absolute atomic E-state index is 13.8. The predicted octanol–water partition coefficient (Wildman–Crippen LogP) is 5.51. The van der Waals surface area contributed by atoms with E-state index in [0.717, 1.165) is 16.7 Å². The zero-order valence-corrected chi connectivity index (χ0v) is 15.0. The SMILES string of the molecule is O=C(Nc1ccccc1F)c1ccccc1CSc1nc2ccccc2o1. The second-order valence-corrected chi connectivity index (χ2v) is 6.75. The number of fused-ring (bicyclic) bond motifs is 1. The largest absolute Gasteiger partial charge is 0.431 e. The molecule has 1 amide bonds. The van der Waals surface area contributed by atoms with Gasteiger partial charge in [-0.1, -0.05) is 54.2 Å². The molecule has 1 N–H and O–H groups in total. The van der Waals surface area contributed by atoms with Crippen LogP contribution in [0.3, 0.4) is 0 Å². The molecule has 0 aliphatic carbocycles. The maximum Gasteiger partial charge on any atom is 0.257 e. The molecule has 0 aliphatic heterocycles. The minimum absolute atomic E-state index is 0.156. The molecule has 1 heterocycles. The summed E-state index contributed by atoms with van der Waals surface area (Å²) in [4.78, 5) is 17.0. The molecule has 0 aliphatic rings. The third kappa shape index (κ3) is 3.85. The molecule has 4 aromatic rings. The normalized spacial score (nSPS) is 10.9. The highest BCUT2D eigenvalue weighted by Crippen LogP contribution is 2.27. The van der Waals surface area contributed by atoms with E-state index in [1.54, 1.807) is 24.3 Å². The van der Waals surface area contributed by atoms with E-state index in [0.29, 0.717) is 16.5 Å². The minimum Gasteiger partial charge on any atom is -0.431 e. The van der Waals surface area contributed by atoms with E-state index in [4.69, 9.17) is 4.42 Å². The zero-order chi connectivity index (χ0) is 18.6. The molecule has 4 rings (SSSR count). The van der Waals surface area contributed by atoms with Crippen molar-refractivity contribution in [3.63, 3.8) is 0 Å². The monoisotopic (exact) mass is 378 g/mol. The number of halogens is 1. The van der Waals surface area contributed by atoms with Crippen LogP contribution in [-0.2, 0) is 5.75 Å². The van der Waals surface area contributed by atoms with Crippen LogP contribution in [0, 0.1) is 5.82 Å².